The highest BCUT2D eigenvalue weighted by Crippen LogP contribution is 2.23. The first-order valence-electron chi connectivity index (χ1n) is 12.9. The zero-order chi connectivity index (χ0) is 25.7. The number of aromatic nitrogens is 2. The molecule has 0 saturated carbocycles. The smallest absolute Gasteiger partial charge is 0.243 e. The first-order valence-corrected chi connectivity index (χ1v) is 14.3. The molecule has 1 fully saturated rings. The monoisotopic (exact) mass is 513 g/mol. The van der Waals surface area contributed by atoms with Crippen LogP contribution in [0, 0.1) is 5.92 Å². The first kappa shape index (κ1) is 26.8. The number of sulfonamides is 1. The molecule has 2 aromatic carbocycles. The molecule has 196 valence electrons. The highest BCUT2D eigenvalue weighted by atomic mass is 32.2. The molecule has 0 radical (unpaired) electrons. The van der Waals surface area contributed by atoms with E-state index in [1.54, 1.807) is 24.5 Å². The van der Waals surface area contributed by atoms with E-state index < -0.39 is 22.2 Å². The maximum Gasteiger partial charge on any atom is 0.243 e. The van der Waals surface area contributed by atoms with Crippen LogP contribution >= 0.6 is 0 Å². The summed E-state index contributed by atoms with van der Waals surface area (Å²) >= 11 is 0. The van der Waals surface area contributed by atoms with Crippen LogP contribution in [0.15, 0.2) is 59.8 Å². The Bertz CT molecular complexity index is 1220. The predicted molar refractivity (Wildman–Crippen MR) is 143 cm³/mol. The number of aliphatic hydroxyl groups excluding tert-OH is 1. The third kappa shape index (κ3) is 6.52. The van der Waals surface area contributed by atoms with E-state index in [4.69, 9.17) is 5.73 Å². The lowest BCUT2D eigenvalue weighted by Gasteiger charge is -2.28. The summed E-state index contributed by atoms with van der Waals surface area (Å²) < 4.78 is 30.9. The molecule has 9 heteroatoms. The highest BCUT2D eigenvalue weighted by Gasteiger charge is 2.30. The maximum absolute atomic E-state index is 13.8. The molecule has 1 aromatic heterocycles. The van der Waals surface area contributed by atoms with Gasteiger partial charge in [0.25, 0.3) is 0 Å². The molecule has 0 aliphatic carbocycles. The van der Waals surface area contributed by atoms with E-state index in [1.807, 2.05) is 48.7 Å². The molecular formula is C27H39N5O3S. The van der Waals surface area contributed by atoms with Crippen molar-refractivity contribution in [3.63, 3.8) is 0 Å². The van der Waals surface area contributed by atoms with Crippen LogP contribution in [0.5, 0.6) is 0 Å². The van der Waals surface area contributed by atoms with Crippen LogP contribution in [0.3, 0.4) is 0 Å². The Kier molecular flexibility index (Phi) is 8.79. The van der Waals surface area contributed by atoms with Gasteiger partial charge in [0.1, 0.15) is 0 Å². The van der Waals surface area contributed by atoms with Gasteiger partial charge in [-0.2, -0.15) is 4.31 Å². The largest absolute Gasteiger partial charge is 0.390 e. The molecule has 36 heavy (non-hydrogen) atoms. The number of fused-ring (bicyclic) bond motifs is 1. The number of rotatable bonds is 12. The minimum absolute atomic E-state index is 0.0548. The molecule has 1 aliphatic rings. The van der Waals surface area contributed by atoms with E-state index in [0.717, 1.165) is 42.8 Å². The van der Waals surface area contributed by atoms with Crippen molar-refractivity contribution in [1.82, 2.24) is 18.8 Å². The third-order valence-electron chi connectivity index (χ3n) is 6.85. The molecule has 0 spiro atoms. The second-order valence-electron chi connectivity index (χ2n) is 10.3. The van der Waals surface area contributed by atoms with Crippen LogP contribution < -0.4 is 5.73 Å². The van der Waals surface area contributed by atoms with Gasteiger partial charge in [0.15, 0.2) is 0 Å². The van der Waals surface area contributed by atoms with Gasteiger partial charge in [0.2, 0.25) is 10.0 Å². The van der Waals surface area contributed by atoms with Crippen LogP contribution in [0.25, 0.3) is 11.0 Å². The summed E-state index contributed by atoms with van der Waals surface area (Å²) in [5.41, 5.74) is 8.88. The Morgan fingerprint density at radius 2 is 1.78 bits per heavy atom. The summed E-state index contributed by atoms with van der Waals surface area (Å²) in [5.74, 6) is 0.0899. The van der Waals surface area contributed by atoms with Gasteiger partial charge in [0.05, 0.1) is 28.4 Å². The van der Waals surface area contributed by atoms with Gasteiger partial charge in [0, 0.05) is 32.2 Å². The molecule has 0 bridgehead atoms. The molecule has 0 amide bonds. The molecule has 3 N–H and O–H groups in total. The van der Waals surface area contributed by atoms with Gasteiger partial charge in [-0.05, 0) is 62.0 Å². The summed E-state index contributed by atoms with van der Waals surface area (Å²) in [4.78, 5) is 7.11. The lowest BCUT2D eigenvalue weighted by atomic mass is 10.0. The van der Waals surface area contributed by atoms with Crippen LogP contribution in [0.2, 0.25) is 0 Å². The number of imidazole rings is 1. The maximum atomic E-state index is 13.8. The van der Waals surface area contributed by atoms with Crippen molar-refractivity contribution in [1.29, 1.82) is 0 Å². The molecule has 1 aliphatic heterocycles. The summed E-state index contributed by atoms with van der Waals surface area (Å²) in [7, 11) is -3.85. The summed E-state index contributed by atoms with van der Waals surface area (Å²) in [6.07, 6.45) is 3.74. The lowest BCUT2D eigenvalue weighted by molar-refractivity contribution is 0.116. The predicted octanol–water partition coefficient (Wildman–Crippen LogP) is 2.71. The van der Waals surface area contributed by atoms with E-state index in [0.29, 0.717) is 13.0 Å². The average molecular weight is 514 g/mol. The fraction of sp³-hybridized carbons (Fsp3) is 0.519. The van der Waals surface area contributed by atoms with E-state index in [-0.39, 0.29) is 17.4 Å². The lowest BCUT2D eigenvalue weighted by Crippen LogP contribution is -2.47. The van der Waals surface area contributed by atoms with Crippen molar-refractivity contribution in [2.24, 2.45) is 11.7 Å². The molecule has 1 saturated heterocycles. The number of hydrogen-bond acceptors (Lipinski definition) is 6. The van der Waals surface area contributed by atoms with Crippen LogP contribution in [0.4, 0.5) is 0 Å². The Morgan fingerprint density at radius 1 is 1.06 bits per heavy atom. The van der Waals surface area contributed by atoms with Gasteiger partial charge >= 0.3 is 0 Å². The molecular weight excluding hydrogens is 474 g/mol. The average Bonchev–Trinajstić information content (AvgIpc) is 3.52. The number of benzene rings is 2. The van der Waals surface area contributed by atoms with Crippen LogP contribution in [-0.2, 0) is 23.0 Å². The zero-order valence-corrected chi connectivity index (χ0v) is 22.1. The van der Waals surface area contributed by atoms with E-state index in [9.17, 15) is 13.5 Å². The fourth-order valence-corrected chi connectivity index (χ4v) is 6.47. The van der Waals surface area contributed by atoms with Crippen molar-refractivity contribution in [2.45, 2.75) is 56.7 Å². The molecule has 2 atom stereocenters. The Hall–Kier alpha value is -2.30. The topological polar surface area (TPSA) is 105 Å². The molecule has 4 rings (SSSR count). The Labute approximate surface area is 214 Å². The van der Waals surface area contributed by atoms with E-state index >= 15 is 0 Å². The van der Waals surface area contributed by atoms with Crippen molar-refractivity contribution in [3.8, 4) is 0 Å². The normalized spacial score (nSPS) is 16.8. The van der Waals surface area contributed by atoms with E-state index in [1.165, 1.54) is 17.1 Å². The second kappa shape index (κ2) is 11.8. The van der Waals surface area contributed by atoms with Crippen molar-refractivity contribution in [3.05, 3.63) is 60.4 Å². The first-order chi connectivity index (χ1) is 17.2. The minimum atomic E-state index is -3.85. The number of nitrogens with two attached hydrogens (primary N) is 1. The van der Waals surface area contributed by atoms with Gasteiger partial charge in [-0.1, -0.05) is 44.2 Å². The standard InChI is InChI=1S/C27H39N5O3S/c1-21(2)18-32(19-27(33)24(28)16-22-8-4-3-5-9-22)36(34,35)23-10-11-25-26(17-23)31(20-29-25)15-14-30-12-6-7-13-30/h3-5,8-11,17,20-21,24,27,33H,6-7,12-16,18-19,28H2,1-2H3/t24-,27+/m0/s1. The van der Waals surface area contributed by atoms with Crippen molar-refractivity contribution >= 4 is 21.1 Å². The van der Waals surface area contributed by atoms with Crippen molar-refractivity contribution in [2.75, 3.05) is 32.7 Å². The van der Waals surface area contributed by atoms with Gasteiger partial charge in [-0.15, -0.1) is 0 Å². The third-order valence-corrected chi connectivity index (χ3v) is 8.68. The quantitative estimate of drug-likeness (QED) is 0.386. The summed E-state index contributed by atoms with van der Waals surface area (Å²) in [6, 6.07) is 14.2. The second-order valence-corrected chi connectivity index (χ2v) is 12.2. The Morgan fingerprint density at radius 3 is 2.47 bits per heavy atom. The van der Waals surface area contributed by atoms with Gasteiger partial charge in [-0.25, -0.2) is 13.4 Å². The number of hydrogen-bond donors (Lipinski definition) is 2. The highest BCUT2D eigenvalue weighted by molar-refractivity contribution is 7.89. The number of likely N-dealkylation sites (tertiary alicyclic amines) is 1. The molecule has 3 aromatic rings. The number of aliphatic hydroxyl groups is 1. The molecule has 2 heterocycles. The van der Waals surface area contributed by atoms with Gasteiger partial charge in [-0.3, -0.25) is 0 Å². The zero-order valence-electron chi connectivity index (χ0n) is 21.3. The Balaban J connectivity index is 1.53. The summed E-state index contributed by atoms with van der Waals surface area (Å²) in [5, 5.41) is 10.9. The van der Waals surface area contributed by atoms with Crippen LogP contribution in [-0.4, -0.2) is 77.2 Å². The summed E-state index contributed by atoms with van der Waals surface area (Å²) in [6.45, 7) is 8.10. The SMILES string of the molecule is CC(C)CN(C[C@@H](O)[C@@H](N)Cc1ccccc1)S(=O)(=O)c1ccc2ncn(CCN3CCCC3)c2c1. The molecule has 0 unspecified atom stereocenters. The van der Waals surface area contributed by atoms with Gasteiger partial charge < -0.3 is 20.3 Å². The van der Waals surface area contributed by atoms with E-state index in [2.05, 4.69) is 9.88 Å². The minimum Gasteiger partial charge on any atom is -0.390 e. The molecule has 8 nitrogen and oxygen atoms in total. The number of nitrogens with zero attached hydrogens (tertiary/aromatic N) is 4. The fourth-order valence-electron chi connectivity index (χ4n) is 4.82. The van der Waals surface area contributed by atoms with Crippen LogP contribution in [0.1, 0.15) is 32.3 Å². The van der Waals surface area contributed by atoms with Crippen molar-refractivity contribution < 1.29 is 13.5 Å².